The van der Waals surface area contributed by atoms with E-state index in [0.717, 1.165) is 37.2 Å². The van der Waals surface area contributed by atoms with Gasteiger partial charge in [-0.05, 0) is 56.0 Å². The third-order valence-corrected chi connectivity index (χ3v) is 4.13. The molecule has 1 aliphatic heterocycles. The topological polar surface area (TPSA) is 44.3 Å². The summed E-state index contributed by atoms with van der Waals surface area (Å²) in [6.45, 7) is 5.83. The molecule has 19 heavy (non-hydrogen) atoms. The van der Waals surface area contributed by atoms with Crippen LogP contribution in [-0.4, -0.2) is 30.3 Å². The molecular weight excluding hydrogens is 243 g/mol. The highest BCUT2D eigenvalue weighted by Gasteiger charge is 2.39. The van der Waals surface area contributed by atoms with Gasteiger partial charge in [-0.2, -0.15) is 0 Å². The zero-order valence-electron chi connectivity index (χ0n) is 11.7. The number of aliphatic hydroxyl groups excluding tert-OH is 1. The molecule has 0 aromatic heterocycles. The Morgan fingerprint density at radius 1 is 1.47 bits per heavy atom. The highest BCUT2D eigenvalue weighted by molar-refractivity contribution is 5.48. The number of hydrogen-bond donors (Lipinski definition) is 3. The van der Waals surface area contributed by atoms with E-state index in [1.165, 1.54) is 12.1 Å². The summed E-state index contributed by atoms with van der Waals surface area (Å²) in [5.41, 5.74) is 1.30. The zero-order chi connectivity index (χ0) is 13.9. The van der Waals surface area contributed by atoms with Crippen molar-refractivity contribution < 1.29 is 9.50 Å². The van der Waals surface area contributed by atoms with Gasteiger partial charge in [0.25, 0.3) is 0 Å². The number of hydrogen-bond acceptors (Lipinski definition) is 3. The van der Waals surface area contributed by atoms with Crippen molar-refractivity contribution in [1.82, 2.24) is 5.32 Å². The van der Waals surface area contributed by atoms with E-state index in [1.807, 2.05) is 13.0 Å². The lowest BCUT2D eigenvalue weighted by atomic mass is 9.77. The standard InChI is InChI=1S/C15H23FN2O/c1-3-12-9-17-5-4-15(12,10-19)18-14-7-11(2)6-13(16)8-14/h6-8,12,17-19H,3-5,9-10H2,1-2H3. The Labute approximate surface area is 114 Å². The summed E-state index contributed by atoms with van der Waals surface area (Å²) in [4.78, 5) is 0. The molecular formula is C15H23FN2O. The Morgan fingerprint density at radius 2 is 2.26 bits per heavy atom. The van der Waals surface area contributed by atoms with Crippen LogP contribution < -0.4 is 10.6 Å². The number of aryl methyl sites for hydroxylation is 1. The lowest BCUT2D eigenvalue weighted by molar-refractivity contribution is 0.124. The quantitative estimate of drug-likeness (QED) is 0.783. The minimum Gasteiger partial charge on any atom is -0.394 e. The second kappa shape index (κ2) is 5.88. The van der Waals surface area contributed by atoms with E-state index in [4.69, 9.17) is 0 Å². The fourth-order valence-electron chi connectivity index (χ4n) is 3.03. The van der Waals surface area contributed by atoms with E-state index in [-0.39, 0.29) is 18.0 Å². The second-order valence-corrected chi connectivity index (χ2v) is 5.52. The van der Waals surface area contributed by atoms with E-state index < -0.39 is 0 Å². The molecule has 0 aliphatic carbocycles. The van der Waals surface area contributed by atoms with Gasteiger partial charge in [0.1, 0.15) is 5.82 Å². The third kappa shape index (κ3) is 3.07. The highest BCUT2D eigenvalue weighted by atomic mass is 19.1. The molecule has 0 bridgehead atoms. The molecule has 1 aromatic rings. The maximum absolute atomic E-state index is 13.5. The van der Waals surface area contributed by atoms with E-state index >= 15 is 0 Å². The van der Waals surface area contributed by atoms with E-state index in [2.05, 4.69) is 17.6 Å². The van der Waals surface area contributed by atoms with Gasteiger partial charge in [-0.15, -0.1) is 0 Å². The molecule has 2 rings (SSSR count). The molecule has 1 aromatic carbocycles. The van der Waals surface area contributed by atoms with Crippen LogP contribution >= 0.6 is 0 Å². The van der Waals surface area contributed by atoms with Crippen molar-refractivity contribution >= 4 is 5.69 Å². The summed E-state index contributed by atoms with van der Waals surface area (Å²) < 4.78 is 13.5. The van der Waals surface area contributed by atoms with Gasteiger partial charge in [-0.3, -0.25) is 0 Å². The molecule has 1 saturated heterocycles. The van der Waals surface area contributed by atoms with Crippen LogP contribution in [0.25, 0.3) is 0 Å². The van der Waals surface area contributed by atoms with Crippen LogP contribution in [0.1, 0.15) is 25.3 Å². The van der Waals surface area contributed by atoms with Crippen molar-refractivity contribution in [2.45, 2.75) is 32.2 Å². The molecule has 2 atom stereocenters. The fourth-order valence-corrected chi connectivity index (χ4v) is 3.03. The van der Waals surface area contributed by atoms with Crippen LogP contribution in [0.5, 0.6) is 0 Å². The number of anilines is 1. The van der Waals surface area contributed by atoms with Gasteiger partial charge in [0.2, 0.25) is 0 Å². The Morgan fingerprint density at radius 3 is 2.89 bits per heavy atom. The second-order valence-electron chi connectivity index (χ2n) is 5.52. The fraction of sp³-hybridized carbons (Fsp3) is 0.600. The average Bonchev–Trinajstić information content (AvgIpc) is 2.38. The van der Waals surface area contributed by atoms with Crippen molar-refractivity contribution in [2.24, 2.45) is 5.92 Å². The maximum atomic E-state index is 13.5. The molecule has 0 saturated carbocycles. The van der Waals surface area contributed by atoms with Crippen LogP contribution in [0.4, 0.5) is 10.1 Å². The lowest BCUT2D eigenvalue weighted by Gasteiger charge is -2.44. The predicted molar refractivity (Wildman–Crippen MR) is 75.8 cm³/mol. The normalized spacial score (nSPS) is 27.3. The zero-order valence-corrected chi connectivity index (χ0v) is 11.7. The van der Waals surface area contributed by atoms with Crippen LogP contribution in [0.15, 0.2) is 18.2 Å². The molecule has 0 spiro atoms. The Balaban J connectivity index is 2.25. The molecule has 3 N–H and O–H groups in total. The predicted octanol–water partition coefficient (Wildman–Crippen LogP) is 2.30. The molecule has 4 heteroatoms. The van der Waals surface area contributed by atoms with Crippen LogP contribution in [0.3, 0.4) is 0 Å². The van der Waals surface area contributed by atoms with Gasteiger partial charge in [0, 0.05) is 12.2 Å². The first-order valence-electron chi connectivity index (χ1n) is 6.96. The molecule has 3 nitrogen and oxygen atoms in total. The van der Waals surface area contributed by atoms with Crippen molar-refractivity contribution in [3.8, 4) is 0 Å². The maximum Gasteiger partial charge on any atom is 0.125 e. The number of halogens is 1. The first kappa shape index (κ1) is 14.3. The summed E-state index contributed by atoms with van der Waals surface area (Å²) in [6, 6.07) is 4.94. The SMILES string of the molecule is CCC1CNCCC1(CO)Nc1cc(C)cc(F)c1. The van der Waals surface area contributed by atoms with Crippen molar-refractivity contribution in [3.05, 3.63) is 29.6 Å². The minimum atomic E-state index is -0.347. The molecule has 1 fully saturated rings. The van der Waals surface area contributed by atoms with Gasteiger partial charge in [0.05, 0.1) is 12.1 Å². The summed E-state index contributed by atoms with van der Waals surface area (Å²) in [6.07, 6.45) is 1.83. The van der Waals surface area contributed by atoms with Crippen molar-refractivity contribution in [2.75, 3.05) is 25.0 Å². The summed E-state index contributed by atoms with van der Waals surface area (Å²) in [5.74, 6) is 0.104. The van der Waals surface area contributed by atoms with Gasteiger partial charge >= 0.3 is 0 Å². The van der Waals surface area contributed by atoms with E-state index in [0.29, 0.717) is 5.92 Å². The smallest absolute Gasteiger partial charge is 0.125 e. The Hall–Kier alpha value is -1.13. The monoisotopic (exact) mass is 266 g/mol. The number of aliphatic hydroxyl groups is 1. The number of rotatable bonds is 4. The van der Waals surface area contributed by atoms with E-state index in [1.54, 1.807) is 0 Å². The largest absolute Gasteiger partial charge is 0.394 e. The lowest BCUT2D eigenvalue weighted by Crippen LogP contribution is -2.57. The Bertz CT molecular complexity index is 418. The van der Waals surface area contributed by atoms with Crippen LogP contribution in [0.2, 0.25) is 0 Å². The van der Waals surface area contributed by atoms with Gasteiger partial charge < -0.3 is 15.7 Å². The first-order valence-corrected chi connectivity index (χ1v) is 6.96. The van der Waals surface area contributed by atoms with E-state index in [9.17, 15) is 9.50 Å². The van der Waals surface area contributed by atoms with Gasteiger partial charge in [0.15, 0.2) is 0 Å². The summed E-state index contributed by atoms with van der Waals surface area (Å²) in [7, 11) is 0. The Kier molecular flexibility index (Phi) is 4.42. The van der Waals surface area contributed by atoms with Crippen LogP contribution in [-0.2, 0) is 0 Å². The molecule has 2 unspecified atom stereocenters. The summed E-state index contributed by atoms with van der Waals surface area (Å²) >= 11 is 0. The molecule has 1 aliphatic rings. The van der Waals surface area contributed by atoms with Gasteiger partial charge in [-0.1, -0.05) is 6.92 Å². The van der Waals surface area contributed by atoms with Crippen molar-refractivity contribution in [1.29, 1.82) is 0 Å². The molecule has 1 heterocycles. The van der Waals surface area contributed by atoms with Gasteiger partial charge in [-0.25, -0.2) is 4.39 Å². The average molecular weight is 266 g/mol. The molecule has 0 radical (unpaired) electrons. The number of nitrogens with one attached hydrogen (secondary N) is 2. The molecule has 0 amide bonds. The third-order valence-electron chi connectivity index (χ3n) is 4.13. The highest BCUT2D eigenvalue weighted by Crippen LogP contribution is 2.31. The van der Waals surface area contributed by atoms with Crippen molar-refractivity contribution in [3.63, 3.8) is 0 Å². The minimum absolute atomic E-state index is 0.0722. The first-order chi connectivity index (χ1) is 9.09. The summed E-state index contributed by atoms with van der Waals surface area (Å²) in [5, 5.41) is 16.6. The number of benzene rings is 1. The molecule has 106 valence electrons. The van der Waals surface area contributed by atoms with Crippen LogP contribution in [0, 0.1) is 18.7 Å². The number of piperidine rings is 1.